The fourth-order valence-electron chi connectivity index (χ4n) is 6.57. The SMILES string of the molecule is CCCN(C(=O)Cc1ccc(Oc2ccccc2)cc1)[C@H]1[C@@H](C(=O)O)[C@H](C(=O)O)[C@@H]1N(CCC)C(=O)Cc1ccc(Oc2ccccc2)cc1. The molecule has 1 aliphatic rings. The Balaban J connectivity index is 1.36. The van der Waals surface area contributed by atoms with Crippen molar-refractivity contribution < 1.29 is 38.9 Å². The van der Waals surface area contributed by atoms with Crippen molar-refractivity contribution in [3.63, 3.8) is 0 Å². The van der Waals surface area contributed by atoms with Crippen LogP contribution in [0.3, 0.4) is 0 Å². The molecule has 4 atom stereocenters. The van der Waals surface area contributed by atoms with E-state index in [9.17, 15) is 29.4 Å². The average molecular weight is 679 g/mol. The van der Waals surface area contributed by atoms with Gasteiger partial charge in [0.1, 0.15) is 23.0 Å². The molecule has 4 aromatic carbocycles. The topological polar surface area (TPSA) is 134 Å². The highest BCUT2D eigenvalue weighted by molar-refractivity contribution is 5.89. The lowest BCUT2D eigenvalue weighted by Crippen LogP contribution is -2.74. The minimum atomic E-state index is -1.38. The van der Waals surface area contributed by atoms with Crippen LogP contribution < -0.4 is 9.47 Å². The molecule has 1 aliphatic carbocycles. The number of hydrogen-bond donors (Lipinski definition) is 2. The summed E-state index contributed by atoms with van der Waals surface area (Å²) in [6.07, 6.45) is 0.972. The lowest BCUT2D eigenvalue weighted by atomic mass is 9.62. The van der Waals surface area contributed by atoms with Crippen LogP contribution in [0.1, 0.15) is 37.8 Å². The number of carbonyl (C=O) groups excluding carboxylic acids is 2. The van der Waals surface area contributed by atoms with E-state index in [1.807, 2.05) is 74.5 Å². The van der Waals surface area contributed by atoms with Gasteiger partial charge in [-0.05, 0) is 72.5 Å². The van der Waals surface area contributed by atoms with Crippen LogP contribution in [0.25, 0.3) is 0 Å². The smallest absolute Gasteiger partial charge is 0.309 e. The highest BCUT2D eigenvalue weighted by atomic mass is 16.5. The van der Waals surface area contributed by atoms with Crippen molar-refractivity contribution in [1.29, 1.82) is 0 Å². The number of benzene rings is 4. The number of carbonyl (C=O) groups is 4. The van der Waals surface area contributed by atoms with E-state index in [4.69, 9.17) is 9.47 Å². The summed E-state index contributed by atoms with van der Waals surface area (Å²) < 4.78 is 11.7. The first-order valence-corrected chi connectivity index (χ1v) is 16.9. The maximum Gasteiger partial charge on any atom is 0.309 e. The summed E-state index contributed by atoms with van der Waals surface area (Å²) in [7, 11) is 0. The molecular formula is C40H42N2O8. The molecule has 0 unspecified atom stereocenters. The Hall–Kier alpha value is -5.64. The third-order valence-electron chi connectivity index (χ3n) is 8.85. The zero-order chi connectivity index (χ0) is 35.6. The first-order chi connectivity index (χ1) is 24.2. The molecule has 0 bridgehead atoms. The van der Waals surface area contributed by atoms with Gasteiger partial charge in [-0.2, -0.15) is 0 Å². The van der Waals surface area contributed by atoms with Crippen LogP contribution in [0.4, 0.5) is 0 Å². The van der Waals surface area contributed by atoms with E-state index in [-0.39, 0.29) is 37.7 Å². The van der Waals surface area contributed by atoms with Gasteiger partial charge in [0, 0.05) is 13.1 Å². The summed E-state index contributed by atoms with van der Waals surface area (Å²) in [5, 5.41) is 20.5. The van der Waals surface area contributed by atoms with Crippen molar-refractivity contribution in [2.75, 3.05) is 13.1 Å². The number of carboxylic acid groups (broad SMARTS) is 2. The third-order valence-corrected chi connectivity index (χ3v) is 8.85. The van der Waals surface area contributed by atoms with Crippen LogP contribution in [-0.2, 0) is 32.0 Å². The lowest BCUT2D eigenvalue weighted by molar-refractivity contribution is -0.186. The minimum Gasteiger partial charge on any atom is -0.481 e. The predicted octanol–water partition coefficient (Wildman–Crippen LogP) is 6.69. The molecule has 2 amide bonds. The number of rotatable bonds is 16. The zero-order valence-corrected chi connectivity index (χ0v) is 28.2. The zero-order valence-electron chi connectivity index (χ0n) is 28.2. The summed E-state index contributed by atoms with van der Waals surface area (Å²) in [5.74, 6) is -3.52. The van der Waals surface area contributed by atoms with Gasteiger partial charge in [-0.1, -0.05) is 74.5 Å². The molecule has 1 fully saturated rings. The number of aliphatic carboxylic acids is 2. The van der Waals surface area contributed by atoms with E-state index in [0.717, 1.165) is 0 Å². The number of nitrogens with zero attached hydrogens (tertiary/aromatic N) is 2. The van der Waals surface area contributed by atoms with Crippen LogP contribution in [0, 0.1) is 11.8 Å². The standard InChI is InChI=1S/C40H42N2O8/c1-3-23-41(33(43)25-27-15-19-31(20-16-27)49-29-11-7-5-8-12-29)37-35(39(45)46)36(40(47)48)38(37)42(24-4-2)34(44)26-28-17-21-32(22-18-28)50-30-13-9-6-10-14-30/h5-22,35-38H,3-4,23-26H2,1-2H3,(H,45,46)(H,47,48)/t35-,36-,37-,38-/m0/s1. The van der Waals surface area contributed by atoms with Crippen LogP contribution >= 0.6 is 0 Å². The quantitative estimate of drug-likeness (QED) is 0.134. The summed E-state index contributed by atoms with van der Waals surface area (Å²) in [5.41, 5.74) is 1.38. The molecular weight excluding hydrogens is 636 g/mol. The van der Waals surface area contributed by atoms with E-state index < -0.39 is 35.9 Å². The molecule has 2 N–H and O–H groups in total. The third kappa shape index (κ3) is 8.49. The molecule has 0 spiro atoms. The minimum absolute atomic E-state index is 0.0297. The number of ether oxygens (including phenoxy) is 2. The summed E-state index contributed by atoms with van der Waals surface area (Å²) >= 11 is 0. The van der Waals surface area contributed by atoms with Crippen LogP contribution in [-0.4, -0.2) is 68.9 Å². The van der Waals surface area contributed by atoms with Gasteiger partial charge < -0.3 is 29.5 Å². The molecule has 260 valence electrons. The highest BCUT2D eigenvalue weighted by Crippen LogP contribution is 2.43. The summed E-state index contributed by atoms with van der Waals surface area (Å²) in [4.78, 5) is 56.0. The second kappa shape index (κ2) is 16.6. The molecule has 0 heterocycles. The van der Waals surface area contributed by atoms with Gasteiger partial charge in [0.25, 0.3) is 0 Å². The fourth-order valence-corrected chi connectivity index (χ4v) is 6.57. The van der Waals surface area contributed by atoms with Crippen molar-refractivity contribution in [3.8, 4) is 23.0 Å². The van der Waals surface area contributed by atoms with Gasteiger partial charge in [0.05, 0.1) is 36.8 Å². The molecule has 4 aromatic rings. The Labute approximate surface area is 291 Å². The van der Waals surface area contributed by atoms with Crippen LogP contribution in [0.15, 0.2) is 109 Å². The molecule has 5 rings (SSSR count). The van der Waals surface area contributed by atoms with Crippen molar-refractivity contribution >= 4 is 23.8 Å². The van der Waals surface area contributed by atoms with E-state index >= 15 is 0 Å². The molecule has 10 heteroatoms. The van der Waals surface area contributed by atoms with Crippen molar-refractivity contribution in [1.82, 2.24) is 9.80 Å². The van der Waals surface area contributed by atoms with E-state index in [2.05, 4.69) is 0 Å². The number of hydrogen-bond acceptors (Lipinski definition) is 6. The van der Waals surface area contributed by atoms with E-state index in [0.29, 0.717) is 47.0 Å². The molecule has 0 aromatic heterocycles. The van der Waals surface area contributed by atoms with Crippen molar-refractivity contribution in [3.05, 3.63) is 120 Å². The Morgan fingerprint density at radius 3 is 1.14 bits per heavy atom. The normalized spacial score (nSPS) is 18.0. The Morgan fingerprint density at radius 1 is 0.520 bits per heavy atom. The Bertz CT molecular complexity index is 1620. The molecule has 0 aliphatic heterocycles. The maximum atomic E-state index is 13.9. The van der Waals surface area contributed by atoms with E-state index in [1.165, 1.54) is 9.80 Å². The van der Waals surface area contributed by atoms with Crippen LogP contribution in [0.5, 0.6) is 23.0 Å². The van der Waals surface area contributed by atoms with Gasteiger partial charge >= 0.3 is 11.9 Å². The summed E-state index contributed by atoms with van der Waals surface area (Å²) in [6, 6.07) is 30.7. The summed E-state index contributed by atoms with van der Waals surface area (Å²) in [6.45, 7) is 4.16. The Kier molecular flexibility index (Phi) is 11.9. The van der Waals surface area contributed by atoms with Gasteiger partial charge in [0.15, 0.2) is 0 Å². The van der Waals surface area contributed by atoms with Crippen molar-refractivity contribution in [2.45, 2.75) is 51.6 Å². The van der Waals surface area contributed by atoms with Crippen molar-refractivity contribution in [2.24, 2.45) is 11.8 Å². The molecule has 10 nitrogen and oxygen atoms in total. The van der Waals surface area contributed by atoms with Gasteiger partial charge in [0.2, 0.25) is 11.8 Å². The molecule has 0 radical (unpaired) electrons. The first-order valence-electron chi connectivity index (χ1n) is 16.9. The van der Waals surface area contributed by atoms with Gasteiger partial charge in [-0.25, -0.2) is 0 Å². The predicted molar refractivity (Wildman–Crippen MR) is 187 cm³/mol. The van der Waals surface area contributed by atoms with Crippen LogP contribution in [0.2, 0.25) is 0 Å². The second-order valence-electron chi connectivity index (χ2n) is 12.4. The highest BCUT2D eigenvalue weighted by Gasteiger charge is 2.63. The van der Waals surface area contributed by atoms with Gasteiger partial charge in [-0.3, -0.25) is 19.2 Å². The number of para-hydroxylation sites is 2. The second-order valence-corrected chi connectivity index (χ2v) is 12.4. The molecule has 50 heavy (non-hydrogen) atoms. The maximum absolute atomic E-state index is 13.9. The van der Waals surface area contributed by atoms with E-state index in [1.54, 1.807) is 48.5 Å². The lowest BCUT2D eigenvalue weighted by Gasteiger charge is -2.56. The average Bonchev–Trinajstić information content (AvgIpc) is 3.09. The largest absolute Gasteiger partial charge is 0.481 e. The monoisotopic (exact) mass is 678 g/mol. The molecule has 0 saturated heterocycles. The first kappa shape index (κ1) is 35.7. The number of carboxylic acids is 2. The van der Waals surface area contributed by atoms with Gasteiger partial charge in [-0.15, -0.1) is 0 Å². The fraction of sp³-hybridized carbons (Fsp3) is 0.300. The number of amides is 2. The Morgan fingerprint density at radius 2 is 0.840 bits per heavy atom. The molecule has 1 saturated carbocycles.